The van der Waals surface area contributed by atoms with Crippen molar-refractivity contribution in [2.45, 2.75) is 0 Å². The van der Waals surface area contributed by atoms with Crippen LogP contribution in [0.5, 0.6) is 0 Å². The smallest absolute Gasteiger partial charge is 0.238 e. The maximum absolute atomic E-state index is 14.0. The Bertz CT molecular complexity index is 1810. The molecule has 4 fully saturated rings. The van der Waals surface area contributed by atoms with Crippen molar-refractivity contribution >= 4 is 56.5 Å². The monoisotopic (exact) mass is 524 g/mol. The fraction of sp³-hybridized carbons (Fsp3) is 0.235. The van der Waals surface area contributed by atoms with Crippen molar-refractivity contribution in [2.75, 3.05) is 9.80 Å². The highest BCUT2D eigenvalue weighted by Crippen LogP contribution is 2.68. The van der Waals surface area contributed by atoms with E-state index in [1.807, 2.05) is 84.9 Å². The molecule has 4 aliphatic carbocycles. The number of rotatable bonds is 2. The van der Waals surface area contributed by atoms with Gasteiger partial charge in [-0.3, -0.25) is 19.2 Å². The molecule has 4 amide bonds. The number of carbonyl (C=O) groups is 4. The summed E-state index contributed by atoms with van der Waals surface area (Å²) in [5.41, 5.74) is 1.23. The number of hydrogen-bond donors (Lipinski definition) is 0. The van der Waals surface area contributed by atoms with Crippen LogP contribution < -0.4 is 9.80 Å². The first-order valence-electron chi connectivity index (χ1n) is 14.0. The minimum atomic E-state index is -0.502. The molecule has 2 saturated heterocycles. The molecule has 0 spiro atoms. The molecule has 194 valence electrons. The molecule has 0 unspecified atom stereocenters. The van der Waals surface area contributed by atoms with Crippen molar-refractivity contribution in [2.24, 2.45) is 47.3 Å². The van der Waals surface area contributed by atoms with Crippen LogP contribution in [0.15, 0.2) is 97.1 Å². The van der Waals surface area contributed by atoms with Crippen LogP contribution in [0.1, 0.15) is 0 Å². The van der Waals surface area contributed by atoms with Crippen molar-refractivity contribution in [3.63, 3.8) is 0 Å². The summed E-state index contributed by atoms with van der Waals surface area (Å²) in [5.74, 6) is -3.32. The Kier molecular flexibility index (Phi) is 4.19. The van der Waals surface area contributed by atoms with Crippen molar-refractivity contribution in [1.29, 1.82) is 0 Å². The number of benzene rings is 4. The van der Waals surface area contributed by atoms with Crippen LogP contribution in [0.3, 0.4) is 0 Å². The quantitative estimate of drug-likeness (QED) is 0.274. The molecule has 0 N–H and O–H groups in total. The lowest BCUT2D eigenvalue weighted by atomic mass is 9.40. The van der Waals surface area contributed by atoms with Crippen molar-refractivity contribution in [3.05, 3.63) is 97.1 Å². The molecule has 40 heavy (non-hydrogen) atoms. The molecular weight excluding hydrogens is 500 g/mol. The van der Waals surface area contributed by atoms with Gasteiger partial charge in [-0.25, -0.2) is 9.80 Å². The summed E-state index contributed by atoms with van der Waals surface area (Å²) in [5, 5.41) is 3.67. The number of amides is 4. The Balaban J connectivity index is 1.11. The minimum Gasteiger partial charge on any atom is -0.274 e. The molecule has 6 aliphatic rings. The van der Waals surface area contributed by atoms with E-state index in [0.29, 0.717) is 11.4 Å². The van der Waals surface area contributed by atoms with Gasteiger partial charge in [0.25, 0.3) is 0 Å². The largest absolute Gasteiger partial charge is 0.274 e. The third-order valence-corrected chi connectivity index (χ3v) is 10.4. The Labute approximate surface area is 229 Å². The molecule has 2 bridgehead atoms. The third kappa shape index (κ3) is 2.50. The van der Waals surface area contributed by atoms with E-state index >= 15 is 0 Å². The molecule has 6 nitrogen and oxygen atoms in total. The summed E-state index contributed by atoms with van der Waals surface area (Å²) in [6.07, 6.45) is 4.11. The lowest BCUT2D eigenvalue weighted by Gasteiger charge is -2.60. The van der Waals surface area contributed by atoms with E-state index in [2.05, 4.69) is 12.2 Å². The minimum absolute atomic E-state index is 0.109. The predicted molar refractivity (Wildman–Crippen MR) is 150 cm³/mol. The van der Waals surface area contributed by atoms with Crippen LogP contribution in [-0.4, -0.2) is 23.6 Å². The summed E-state index contributed by atoms with van der Waals surface area (Å²) >= 11 is 0. The van der Waals surface area contributed by atoms with Crippen LogP contribution in [0, 0.1) is 47.3 Å². The van der Waals surface area contributed by atoms with Gasteiger partial charge in [0, 0.05) is 10.8 Å². The summed E-state index contributed by atoms with van der Waals surface area (Å²) in [6.45, 7) is 0. The van der Waals surface area contributed by atoms with Gasteiger partial charge in [-0.1, -0.05) is 84.9 Å². The molecule has 8 atom stereocenters. The van der Waals surface area contributed by atoms with Crippen LogP contribution in [0.2, 0.25) is 0 Å². The second-order valence-corrected chi connectivity index (χ2v) is 11.8. The third-order valence-electron chi connectivity index (χ3n) is 10.4. The maximum Gasteiger partial charge on any atom is 0.238 e. The van der Waals surface area contributed by atoms with Gasteiger partial charge in [0.15, 0.2) is 0 Å². The fourth-order valence-electron chi connectivity index (χ4n) is 8.88. The Hall–Kier alpha value is -4.58. The molecular formula is C34H24N2O4. The summed E-state index contributed by atoms with van der Waals surface area (Å²) in [7, 11) is 0. The van der Waals surface area contributed by atoms with Gasteiger partial charge < -0.3 is 0 Å². The van der Waals surface area contributed by atoms with Crippen molar-refractivity contribution in [1.82, 2.24) is 0 Å². The number of fused-ring (bicyclic) bond motifs is 3. The average molecular weight is 525 g/mol. The molecule has 0 radical (unpaired) electrons. The standard InChI is InChI=1S/C34H24N2O4/c37-31-27-21-15-16-22(28(27)32(38)35(31)23-13-5-9-17-7-1-3-11-19(17)23)26-25(21)29-30(26)34(40)36(33(29)39)24-14-6-10-18-8-2-4-12-20(18)24/h1-16,21-22,25-30H/t21-,22-,25-,26-,27+,28+,29-,30-/m1/s1. The molecule has 2 saturated carbocycles. The van der Waals surface area contributed by atoms with Crippen LogP contribution in [0.4, 0.5) is 11.4 Å². The fourth-order valence-corrected chi connectivity index (χ4v) is 8.88. The molecule has 4 aromatic rings. The van der Waals surface area contributed by atoms with Gasteiger partial charge in [-0.15, -0.1) is 0 Å². The molecule has 2 heterocycles. The highest BCUT2D eigenvalue weighted by molar-refractivity contribution is 6.27. The molecule has 10 rings (SSSR count). The Morgan fingerprint density at radius 1 is 0.425 bits per heavy atom. The number of carbonyl (C=O) groups excluding carboxylic acids is 4. The molecule has 2 aliphatic heterocycles. The lowest BCUT2D eigenvalue weighted by Crippen LogP contribution is -2.63. The molecule has 6 heteroatoms. The zero-order valence-corrected chi connectivity index (χ0v) is 21.4. The second-order valence-electron chi connectivity index (χ2n) is 11.8. The van der Waals surface area contributed by atoms with E-state index in [1.165, 1.54) is 9.80 Å². The first-order chi connectivity index (χ1) is 19.6. The van der Waals surface area contributed by atoms with E-state index in [4.69, 9.17) is 0 Å². The number of allylic oxidation sites excluding steroid dienone is 2. The highest BCUT2D eigenvalue weighted by Gasteiger charge is 2.75. The second kappa shape index (κ2) is 7.54. The average Bonchev–Trinajstić information content (AvgIpc) is 3.36. The van der Waals surface area contributed by atoms with E-state index < -0.39 is 23.7 Å². The van der Waals surface area contributed by atoms with Gasteiger partial charge >= 0.3 is 0 Å². The first-order valence-corrected chi connectivity index (χ1v) is 14.0. The maximum atomic E-state index is 14.0. The van der Waals surface area contributed by atoms with Crippen LogP contribution >= 0.6 is 0 Å². The van der Waals surface area contributed by atoms with Crippen LogP contribution in [0.25, 0.3) is 21.5 Å². The summed E-state index contributed by atoms with van der Waals surface area (Å²) in [6, 6.07) is 26.9. The SMILES string of the molecule is O=C1[C@H]2[C@@H]3C=C[C@@H]([C@@H]2C(=O)N1c1cccc2ccccc12)[C@H]1[C@H]2C(=O)N(c4cccc5ccccc45)C(=O)[C@@H]2[C@H]31. The number of imide groups is 2. The number of nitrogens with zero attached hydrogens (tertiary/aromatic N) is 2. The molecule has 0 aromatic heterocycles. The van der Waals surface area contributed by atoms with E-state index in [1.54, 1.807) is 0 Å². The predicted octanol–water partition coefficient (Wildman–Crippen LogP) is 4.97. The zero-order chi connectivity index (χ0) is 26.9. The van der Waals surface area contributed by atoms with E-state index in [0.717, 1.165) is 21.5 Å². The topological polar surface area (TPSA) is 74.8 Å². The Morgan fingerprint density at radius 3 is 1.25 bits per heavy atom. The number of hydrogen-bond acceptors (Lipinski definition) is 4. The van der Waals surface area contributed by atoms with Gasteiger partial charge in [-0.2, -0.15) is 0 Å². The first kappa shape index (κ1) is 22.3. The van der Waals surface area contributed by atoms with Gasteiger partial charge in [-0.05, 0) is 46.6 Å². The van der Waals surface area contributed by atoms with Gasteiger partial charge in [0.1, 0.15) is 0 Å². The van der Waals surface area contributed by atoms with Crippen molar-refractivity contribution < 1.29 is 19.2 Å². The lowest BCUT2D eigenvalue weighted by molar-refractivity contribution is -0.166. The summed E-state index contributed by atoms with van der Waals surface area (Å²) < 4.78 is 0. The summed E-state index contributed by atoms with van der Waals surface area (Å²) in [4.78, 5) is 58.7. The van der Waals surface area contributed by atoms with Gasteiger partial charge in [0.2, 0.25) is 23.6 Å². The van der Waals surface area contributed by atoms with E-state index in [-0.39, 0.29) is 47.3 Å². The van der Waals surface area contributed by atoms with Crippen LogP contribution in [-0.2, 0) is 19.2 Å². The normalized spacial score (nSPS) is 33.5. The highest BCUT2D eigenvalue weighted by atomic mass is 16.2. The van der Waals surface area contributed by atoms with E-state index in [9.17, 15) is 19.2 Å². The van der Waals surface area contributed by atoms with Crippen molar-refractivity contribution in [3.8, 4) is 0 Å². The zero-order valence-electron chi connectivity index (χ0n) is 21.4. The molecule has 4 aromatic carbocycles. The van der Waals surface area contributed by atoms with Gasteiger partial charge in [0.05, 0.1) is 35.0 Å². The Morgan fingerprint density at radius 2 is 0.800 bits per heavy atom. The number of anilines is 2.